The van der Waals surface area contributed by atoms with E-state index in [1.807, 2.05) is 0 Å². The topological polar surface area (TPSA) is 18.5 Å². The van der Waals surface area contributed by atoms with Gasteiger partial charge in [0.2, 0.25) is 0 Å². The van der Waals surface area contributed by atoms with Gasteiger partial charge in [-0.15, -0.1) is 0 Å². The minimum Gasteiger partial charge on any atom is -0.315 e. The molecule has 0 aromatic rings. The molecule has 90 valence electrons. The summed E-state index contributed by atoms with van der Waals surface area (Å²) < 4.78 is 0. The highest BCUT2D eigenvalue weighted by Crippen LogP contribution is 2.26. The largest absolute Gasteiger partial charge is 0.315 e. The van der Waals surface area contributed by atoms with Crippen molar-refractivity contribution in [2.45, 2.75) is 38.3 Å². The lowest BCUT2D eigenvalue weighted by Gasteiger charge is -2.24. The van der Waals surface area contributed by atoms with Gasteiger partial charge in [-0.3, -0.25) is 4.90 Å². The van der Waals surface area contributed by atoms with Crippen LogP contribution in [0.5, 0.6) is 0 Å². The first kappa shape index (κ1) is 12.9. The molecule has 0 spiro atoms. The molecule has 1 aliphatic rings. The zero-order valence-electron chi connectivity index (χ0n) is 10.8. The second-order valence-electron chi connectivity index (χ2n) is 5.11. The fourth-order valence-electron chi connectivity index (χ4n) is 1.82. The number of rotatable bonds is 8. The fourth-order valence-corrected chi connectivity index (χ4v) is 1.82. The minimum atomic E-state index is 0.678. The lowest BCUT2D eigenvalue weighted by molar-refractivity contribution is 0.240. The van der Waals surface area contributed by atoms with E-state index in [4.69, 9.17) is 0 Å². The van der Waals surface area contributed by atoms with Crippen LogP contribution >= 0.6 is 0 Å². The molecule has 0 saturated heterocycles. The molecule has 0 aromatic carbocycles. The Morgan fingerprint density at radius 2 is 1.93 bits per heavy atom. The van der Waals surface area contributed by atoms with Crippen molar-refractivity contribution < 1.29 is 0 Å². The Hall–Kier alpha value is -0.120. The van der Waals surface area contributed by atoms with Crippen LogP contribution in [-0.4, -0.2) is 62.7 Å². The van der Waals surface area contributed by atoms with Crippen molar-refractivity contribution >= 4 is 0 Å². The summed E-state index contributed by atoms with van der Waals surface area (Å²) in [5.41, 5.74) is 0. The molecule has 0 amide bonds. The first-order valence-corrected chi connectivity index (χ1v) is 6.18. The highest BCUT2D eigenvalue weighted by Gasteiger charge is 2.28. The molecule has 3 nitrogen and oxygen atoms in total. The summed E-state index contributed by atoms with van der Waals surface area (Å²) in [7, 11) is 6.51. The molecule has 15 heavy (non-hydrogen) atoms. The van der Waals surface area contributed by atoms with Crippen molar-refractivity contribution in [3.05, 3.63) is 0 Å². The monoisotopic (exact) mass is 213 g/mol. The van der Waals surface area contributed by atoms with Crippen molar-refractivity contribution in [2.24, 2.45) is 0 Å². The van der Waals surface area contributed by atoms with Crippen molar-refractivity contribution in [3.8, 4) is 0 Å². The second-order valence-corrected chi connectivity index (χ2v) is 5.11. The lowest BCUT2D eigenvalue weighted by Crippen LogP contribution is -2.39. The molecule has 0 aromatic heterocycles. The summed E-state index contributed by atoms with van der Waals surface area (Å²) >= 11 is 0. The molecule has 0 bridgehead atoms. The van der Waals surface area contributed by atoms with E-state index in [1.54, 1.807) is 0 Å². The molecule has 1 rings (SSSR count). The third kappa shape index (κ3) is 5.50. The highest BCUT2D eigenvalue weighted by atomic mass is 15.2. The molecule has 1 N–H and O–H groups in total. The molecule has 3 heteroatoms. The smallest absolute Gasteiger partial charge is 0.0192 e. The van der Waals surface area contributed by atoms with Gasteiger partial charge in [-0.25, -0.2) is 0 Å². The minimum absolute atomic E-state index is 0.678. The lowest BCUT2D eigenvalue weighted by atomic mass is 10.3. The number of hydrogen-bond acceptors (Lipinski definition) is 3. The van der Waals surface area contributed by atoms with E-state index in [2.05, 4.69) is 43.2 Å². The summed E-state index contributed by atoms with van der Waals surface area (Å²) in [6, 6.07) is 1.56. The van der Waals surface area contributed by atoms with Crippen LogP contribution in [0.1, 0.15) is 26.2 Å². The van der Waals surface area contributed by atoms with E-state index >= 15 is 0 Å². The Balaban J connectivity index is 1.94. The molecule has 0 radical (unpaired) electrons. The number of hydrogen-bond donors (Lipinski definition) is 1. The van der Waals surface area contributed by atoms with Crippen molar-refractivity contribution in [1.82, 2.24) is 15.1 Å². The van der Waals surface area contributed by atoms with E-state index in [0.717, 1.165) is 19.1 Å². The van der Waals surface area contributed by atoms with Gasteiger partial charge < -0.3 is 10.2 Å². The average Bonchev–Trinajstić information content (AvgIpc) is 2.98. The van der Waals surface area contributed by atoms with Gasteiger partial charge >= 0.3 is 0 Å². The normalized spacial score (nSPS) is 18.8. The second kappa shape index (κ2) is 6.46. The van der Waals surface area contributed by atoms with Crippen molar-refractivity contribution in [1.29, 1.82) is 0 Å². The first-order valence-electron chi connectivity index (χ1n) is 6.18. The Labute approximate surface area is 94.8 Å². The Kier molecular flexibility index (Phi) is 5.58. The predicted molar refractivity (Wildman–Crippen MR) is 66.3 cm³/mol. The molecule has 1 unspecified atom stereocenters. The first-order chi connectivity index (χ1) is 7.11. The summed E-state index contributed by atoms with van der Waals surface area (Å²) in [5, 5.41) is 3.54. The summed E-state index contributed by atoms with van der Waals surface area (Å²) in [6.45, 7) is 5.76. The van der Waals surface area contributed by atoms with Crippen LogP contribution in [0.15, 0.2) is 0 Å². The molecule has 1 atom stereocenters. The maximum Gasteiger partial charge on any atom is 0.0192 e. The molecule has 0 aliphatic heterocycles. The zero-order chi connectivity index (χ0) is 11.3. The molecule has 1 fully saturated rings. The van der Waals surface area contributed by atoms with Crippen LogP contribution in [0.25, 0.3) is 0 Å². The van der Waals surface area contributed by atoms with E-state index < -0.39 is 0 Å². The Bertz CT molecular complexity index is 166. The van der Waals surface area contributed by atoms with Crippen LogP contribution in [0, 0.1) is 0 Å². The van der Waals surface area contributed by atoms with Gasteiger partial charge in [0.1, 0.15) is 0 Å². The maximum absolute atomic E-state index is 3.54. The van der Waals surface area contributed by atoms with Crippen LogP contribution in [-0.2, 0) is 0 Å². The quantitative estimate of drug-likeness (QED) is 0.607. The SMILES string of the molecule is CC(CNCCCN(C)C)N(C)C1CC1. The third-order valence-corrected chi connectivity index (χ3v) is 3.22. The maximum atomic E-state index is 3.54. The van der Waals surface area contributed by atoms with Gasteiger partial charge in [0.25, 0.3) is 0 Å². The van der Waals surface area contributed by atoms with Crippen molar-refractivity contribution in [2.75, 3.05) is 40.8 Å². The average molecular weight is 213 g/mol. The van der Waals surface area contributed by atoms with E-state index in [0.29, 0.717) is 6.04 Å². The molecular formula is C12H27N3. The van der Waals surface area contributed by atoms with Crippen LogP contribution in [0.3, 0.4) is 0 Å². The number of nitrogens with one attached hydrogen (secondary N) is 1. The molecular weight excluding hydrogens is 186 g/mol. The Morgan fingerprint density at radius 1 is 1.27 bits per heavy atom. The van der Waals surface area contributed by atoms with Gasteiger partial charge in [0, 0.05) is 18.6 Å². The molecule has 1 saturated carbocycles. The summed E-state index contributed by atoms with van der Waals surface area (Å²) in [6.07, 6.45) is 4.05. The van der Waals surface area contributed by atoms with Crippen molar-refractivity contribution in [3.63, 3.8) is 0 Å². The summed E-state index contributed by atoms with van der Waals surface area (Å²) in [4.78, 5) is 4.75. The van der Waals surface area contributed by atoms with E-state index in [1.165, 1.54) is 25.8 Å². The Morgan fingerprint density at radius 3 is 2.47 bits per heavy atom. The predicted octanol–water partition coefficient (Wildman–Crippen LogP) is 1.01. The van der Waals surface area contributed by atoms with Crippen LogP contribution in [0.4, 0.5) is 0 Å². The van der Waals surface area contributed by atoms with Gasteiger partial charge in [-0.2, -0.15) is 0 Å². The van der Waals surface area contributed by atoms with E-state index in [9.17, 15) is 0 Å². The standard InChI is InChI=1S/C12H27N3/c1-11(15(4)12-6-7-12)10-13-8-5-9-14(2)3/h11-13H,5-10H2,1-4H3. The number of likely N-dealkylation sites (N-methyl/N-ethyl adjacent to an activating group) is 1. The van der Waals surface area contributed by atoms with Gasteiger partial charge in [-0.05, 0) is 60.4 Å². The van der Waals surface area contributed by atoms with Gasteiger partial charge in [0.05, 0.1) is 0 Å². The highest BCUT2D eigenvalue weighted by molar-refractivity contribution is 4.85. The van der Waals surface area contributed by atoms with E-state index in [-0.39, 0.29) is 0 Å². The van der Waals surface area contributed by atoms with Gasteiger partial charge in [0.15, 0.2) is 0 Å². The third-order valence-electron chi connectivity index (χ3n) is 3.22. The zero-order valence-corrected chi connectivity index (χ0v) is 10.8. The van der Waals surface area contributed by atoms with Gasteiger partial charge in [-0.1, -0.05) is 0 Å². The summed E-state index contributed by atoms with van der Waals surface area (Å²) in [5.74, 6) is 0. The molecule has 1 aliphatic carbocycles. The number of nitrogens with zero attached hydrogens (tertiary/aromatic N) is 2. The molecule has 0 heterocycles. The van der Waals surface area contributed by atoms with Crippen LogP contribution in [0.2, 0.25) is 0 Å². The van der Waals surface area contributed by atoms with Crippen LogP contribution < -0.4 is 5.32 Å². The fraction of sp³-hybridized carbons (Fsp3) is 1.00.